The molecule has 4 heteroatoms. The van der Waals surface area contributed by atoms with Gasteiger partial charge >= 0.3 is 0 Å². The first-order valence-corrected chi connectivity index (χ1v) is 22.5. The van der Waals surface area contributed by atoms with Crippen molar-refractivity contribution in [2.45, 2.75) is 92.2 Å². The molecule has 0 bridgehead atoms. The molecule has 0 saturated heterocycles. The Labute approximate surface area is 404 Å². The zero-order chi connectivity index (χ0) is 54.2. The molecule has 0 amide bonds. The molecular weight excluding hydrogens is 803 g/mol. The number of imidazole rings is 1. The van der Waals surface area contributed by atoms with E-state index < -0.39 is 26.0 Å². The molecule has 4 nitrogen and oxygen atoms in total. The number of aryl methyl sites for hydroxylation is 2. The predicted octanol–water partition coefficient (Wildman–Crippen LogP) is 16.6. The highest BCUT2D eigenvalue weighted by Crippen LogP contribution is 2.45. The number of aromatic hydroxyl groups is 1. The van der Waals surface area contributed by atoms with E-state index in [1.54, 1.807) is 24.4 Å². The van der Waals surface area contributed by atoms with Crippen LogP contribution in [0.25, 0.3) is 83.9 Å². The number of para-hydroxylation sites is 1. The van der Waals surface area contributed by atoms with Crippen LogP contribution < -0.4 is 0 Å². The zero-order valence-corrected chi connectivity index (χ0v) is 38.9. The van der Waals surface area contributed by atoms with Crippen LogP contribution in [-0.4, -0.2) is 19.6 Å². The third-order valence-electron chi connectivity index (χ3n) is 12.5. The summed E-state index contributed by atoms with van der Waals surface area (Å²) < 4.78 is 76.2. The molecule has 0 unspecified atom stereocenters. The van der Waals surface area contributed by atoms with Gasteiger partial charge in [0.2, 0.25) is 0 Å². The van der Waals surface area contributed by atoms with Gasteiger partial charge in [-0.2, -0.15) is 0 Å². The third kappa shape index (κ3) is 8.49. The summed E-state index contributed by atoms with van der Waals surface area (Å²) in [5, 5.41) is 12.0. The molecule has 0 radical (unpaired) electrons. The first kappa shape index (κ1) is 34.3. The quantitative estimate of drug-likeness (QED) is 0.174. The summed E-state index contributed by atoms with van der Waals surface area (Å²) in [7, 11) is 0. The van der Waals surface area contributed by atoms with Crippen molar-refractivity contribution >= 4 is 11.0 Å². The Kier molecular flexibility index (Phi) is 8.71. The van der Waals surface area contributed by atoms with Crippen molar-refractivity contribution in [2.24, 2.45) is 0 Å². The van der Waals surface area contributed by atoms with Crippen molar-refractivity contribution in [1.82, 2.24) is 14.5 Å². The molecule has 7 aromatic carbocycles. The van der Waals surface area contributed by atoms with Crippen LogP contribution in [0.5, 0.6) is 5.75 Å². The van der Waals surface area contributed by atoms with E-state index in [1.807, 2.05) is 44.2 Å². The lowest BCUT2D eigenvalue weighted by atomic mass is 9.79. The van der Waals surface area contributed by atoms with Crippen molar-refractivity contribution in [3.63, 3.8) is 0 Å². The van der Waals surface area contributed by atoms with Crippen LogP contribution >= 0.6 is 0 Å². The van der Waals surface area contributed by atoms with Crippen LogP contribution in [0.15, 0.2) is 164 Å². The number of hydrogen-bond donors (Lipinski definition) is 1. The number of phenolic OH excluding ortho intramolecular Hbond substituents is 1. The van der Waals surface area contributed by atoms with Crippen molar-refractivity contribution in [3.8, 4) is 78.6 Å². The average Bonchev–Trinajstić information content (AvgIpc) is 3.74. The number of nitrogens with zero attached hydrogens (tertiary/aromatic N) is 3. The summed E-state index contributed by atoms with van der Waals surface area (Å²) >= 11 is 0. The number of aromatic nitrogens is 3. The highest BCUT2D eigenvalue weighted by atomic mass is 16.3. The van der Waals surface area contributed by atoms with Gasteiger partial charge in [0, 0.05) is 35.2 Å². The minimum atomic E-state index is -3.37. The van der Waals surface area contributed by atoms with Crippen molar-refractivity contribution in [2.75, 3.05) is 0 Å². The number of fused-ring (bicyclic) bond motifs is 1. The molecule has 1 N–H and O–H groups in total. The lowest BCUT2D eigenvalue weighted by Gasteiger charge is -2.27. The van der Waals surface area contributed by atoms with Gasteiger partial charge in [0.05, 0.1) is 28.0 Å². The van der Waals surface area contributed by atoms with Gasteiger partial charge in [0.1, 0.15) is 11.6 Å². The summed E-state index contributed by atoms with van der Waals surface area (Å²) in [6.45, 7) is 7.03. The highest BCUT2D eigenvalue weighted by molar-refractivity contribution is 5.98. The molecule has 0 aliphatic heterocycles. The van der Waals surface area contributed by atoms with Gasteiger partial charge in [-0.25, -0.2) is 4.98 Å². The smallest absolute Gasteiger partial charge is 0.149 e. The van der Waals surface area contributed by atoms with Crippen molar-refractivity contribution < 1.29 is 17.4 Å². The Bertz CT molecular complexity index is 3560. The van der Waals surface area contributed by atoms with Gasteiger partial charge < -0.3 is 5.11 Å². The standard InChI is InChI=1S/C62H61N3O/c1-39-31-40(2)58(66)52(32-39)59-64-57-49(45-33-46(35-48(34-45)61(6,7)8)54-36-44(29-30-63-54)41-25-27-47(28-26-41)60(3,4)5)23-18-24-55(57)65(59)56-38-50(42-19-14-12-15-20-42)53(62(9,10)11)37-51(56)43-21-16-13-17-22-43/h12-38,66H,1-11H3/i3D3,4D3,5D3. The van der Waals surface area contributed by atoms with E-state index in [-0.39, 0.29) is 22.1 Å². The number of rotatable bonds is 7. The number of hydrogen-bond acceptors (Lipinski definition) is 3. The predicted molar refractivity (Wildman–Crippen MR) is 279 cm³/mol. The maximum atomic E-state index is 12.0. The van der Waals surface area contributed by atoms with Crippen LogP contribution in [0.4, 0.5) is 0 Å². The summed E-state index contributed by atoms with van der Waals surface area (Å²) in [5.41, 5.74) is 11.9. The highest BCUT2D eigenvalue weighted by Gasteiger charge is 2.28. The number of benzene rings is 7. The molecule has 0 aliphatic rings. The molecule has 0 spiro atoms. The molecule has 9 aromatic rings. The van der Waals surface area contributed by atoms with Gasteiger partial charge in [-0.3, -0.25) is 9.55 Å². The van der Waals surface area contributed by atoms with E-state index in [2.05, 4.69) is 143 Å². The van der Waals surface area contributed by atoms with Gasteiger partial charge in [0.15, 0.2) is 0 Å². The number of pyridine rings is 1. The van der Waals surface area contributed by atoms with Gasteiger partial charge in [-0.1, -0.05) is 171 Å². The summed E-state index contributed by atoms with van der Waals surface area (Å²) in [4.78, 5) is 10.4. The molecule has 66 heavy (non-hydrogen) atoms. The van der Waals surface area contributed by atoms with E-state index in [4.69, 9.17) is 22.3 Å². The van der Waals surface area contributed by atoms with Gasteiger partial charge in [-0.15, -0.1) is 0 Å². The molecule has 2 aromatic heterocycles. The molecule has 0 atom stereocenters. The zero-order valence-electron chi connectivity index (χ0n) is 47.9. The molecule has 2 heterocycles. The average molecular weight is 873 g/mol. The third-order valence-corrected chi connectivity index (χ3v) is 12.5. The van der Waals surface area contributed by atoms with E-state index in [1.165, 1.54) is 17.7 Å². The normalized spacial score (nSPS) is 14.8. The van der Waals surface area contributed by atoms with Crippen LogP contribution in [0.3, 0.4) is 0 Å². The molecule has 330 valence electrons. The van der Waals surface area contributed by atoms with E-state index >= 15 is 0 Å². The lowest BCUT2D eigenvalue weighted by Crippen LogP contribution is -2.14. The second-order valence-electron chi connectivity index (χ2n) is 19.6. The SMILES string of the molecule is [2H]C([2H])([2H])C(c1ccc(-c2ccnc(-c3cc(-c4cccc5c4nc(-c4cc(C)cc(C)c4O)n5-c4cc(-c5ccccc5)c(C(C)(C)C)cc4-c4ccccc4)cc(C(C)(C)C)c3)c2)cc1)(C([2H])([2H])[2H])C([2H])([2H])[2H]. The Morgan fingerprint density at radius 2 is 1.17 bits per heavy atom. The van der Waals surface area contributed by atoms with E-state index in [9.17, 15) is 5.11 Å². The van der Waals surface area contributed by atoms with Crippen molar-refractivity contribution in [1.29, 1.82) is 0 Å². The van der Waals surface area contributed by atoms with Gasteiger partial charge in [-0.05, 0) is 140 Å². The largest absolute Gasteiger partial charge is 0.507 e. The summed E-state index contributed by atoms with van der Waals surface area (Å²) in [6, 6.07) is 51.5. The fourth-order valence-corrected chi connectivity index (χ4v) is 9.03. The maximum Gasteiger partial charge on any atom is 0.149 e. The molecule has 9 rings (SSSR count). The molecule has 0 saturated carbocycles. The van der Waals surface area contributed by atoms with Gasteiger partial charge in [0.25, 0.3) is 0 Å². The fourth-order valence-electron chi connectivity index (χ4n) is 9.03. The maximum absolute atomic E-state index is 12.0. The van der Waals surface area contributed by atoms with Crippen LogP contribution in [0.2, 0.25) is 0 Å². The van der Waals surface area contributed by atoms with Crippen molar-refractivity contribution in [3.05, 3.63) is 192 Å². The van der Waals surface area contributed by atoms with E-state index in [0.717, 1.165) is 72.4 Å². The lowest BCUT2D eigenvalue weighted by molar-refractivity contribution is 0.472. The number of phenols is 1. The first-order chi connectivity index (χ1) is 35.1. The summed E-state index contributed by atoms with van der Waals surface area (Å²) in [6.07, 6.45) is 1.68. The topological polar surface area (TPSA) is 50.9 Å². The van der Waals surface area contributed by atoms with Crippen LogP contribution in [0.1, 0.15) is 102 Å². The monoisotopic (exact) mass is 873 g/mol. The molecular formula is C62H61N3O. The van der Waals surface area contributed by atoms with Crippen LogP contribution in [0, 0.1) is 13.8 Å². The second-order valence-corrected chi connectivity index (χ2v) is 19.6. The Morgan fingerprint density at radius 3 is 1.82 bits per heavy atom. The minimum absolute atomic E-state index is 0.151. The van der Waals surface area contributed by atoms with E-state index in [0.29, 0.717) is 28.2 Å². The summed E-state index contributed by atoms with van der Waals surface area (Å²) in [5.74, 6) is 0.737. The van der Waals surface area contributed by atoms with Crippen LogP contribution in [-0.2, 0) is 16.2 Å². The first-order valence-electron chi connectivity index (χ1n) is 27.0. The Hall–Kier alpha value is -7.04. The molecule has 0 fully saturated rings. The molecule has 0 aliphatic carbocycles. The second kappa shape index (κ2) is 16.7. The fraction of sp³-hybridized carbons (Fsp3) is 0.226. The Morgan fingerprint density at radius 1 is 0.500 bits per heavy atom. The Balaban J connectivity index is 1.28. The minimum Gasteiger partial charge on any atom is -0.507 e.